The van der Waals surface area contributed by atoms with Gasteiger partial charge < -0.3 is 10.6 Å². The summed E-state index contributed by atoms with van der Waals surface area (Å²) in [6, 6.07) is 82.1. The molecule has 10 rings (SSSR count). The molecular formula is C57H43N3. The highest BCUT2D eigenvalue weighted by Crippen LogP contribution is 2.50. The SMILES string of the molecule is C1=C(c2ccccc2)N=C(c2cccc(-c3cccc(C4=C(c5ccccc5)C(c5ccccc5)NC(c5ccccc5)=C4c4ccccc4)c3)c2)NC1c1ccccc1. The van der Waals surface area contributed by atoms with Crippen LogP contribution in [-0.4, -0.2) is 5.84 Å². The summed E-state index contributed by atoms with van der Waals surface area (Å²) >= 11 is 0. The fourth-order valence-corrected chi connectivity index (χ4v) is 8.54. The molecule has 2 unspecified atom stereocenters. The molecular weight excluding hydrogens is 727 g/mol. The van der Waals surface area contributed by atoms with E-state index in [4.69, 9.17) is 4.99 Å². The van der Waals surface area contributed by atoms with Crippen LogP contribution in [0.25, 0.3) is 39.2 Å². The van der Waals surface area contributed by atoms with Crippen molar-refractivity contribution in [1.29, 1.82) is 0 Å². The number of aliphatic imine (C=N–C) groups is 1. The third-order valence-electron chi connectivity index (χ3n) is 11.4. The van der Waals surface area contributed by atoms with E-state index >= 15 is 0 Å². The Bertz CT molecular complexity index is 2880. The van der Waals surface area contributed by atoms with Crippen LogP contribution < -0.4 is 10.6 Å². The maximum Gasteiger partial charge on any atom is 0.134 e. The quantitative estimate of drug-likeness (QED) is 0.153. The summed E-state index contributed by atoms with van der Waals surface area (Å²) in [6.45, 7) is 0. The van der Waals surface area contributed by atoms with Gasteiger partial charge in [-0.3, -0.25) is 0 Å². The van der Waals surface area contributed by atoms with E-state index in [0.717, 1.165) is 56.2 Å². The predicted octanol–water partition coefficient (Wildman–Crippen LogP) is 13.3. The molecule has 3 heteroatoms. The summed E-state index contributed by atoms with van der Waals surface area (Å²) < 4.78 is 0. The van der Waals surface area contributed by atoms with E-state index in [2.05, 4.69) is 241 Å². The zero-order valence-electron chi connectivity index (χ0n) is 33.1. The Morgan fingerprint density at radius 3 is 1.38 bits per heavy atom. The van der Waals surface area contributed by atoms with E-state index < -0.39 is 0 Å². The van der Waals surface area contributed by atoms with Gasteiger partial charge in [0.15, 0.2) is 0 Å². The highest BCUT2D eigenvalue weighted by Gasteiger charge is 2.33. The molecule has 0 saturated carbocycles. The number of rotatable bonds is 9. The first-order chi connectivity index (χ1) is 29.8. The Kier molecular flexibility index (Phi) is 10.1. The van der Waals surface area contributed by atoms with Crippen molar-refractivity contribution in [2.45, 2.75) is 12.1 Å². The van der Waals surface area contributed by atoms with Gasteiger partial charge in [-0.15, -0.1) is 0 Å². The van der Waals surface area contributed by atoms with E-state index in [-0.39, 0.29) is 12.1 Å². The minimum atomic E-state index is -0.113. The fraction of sp³-hybridized carbons (Fsp3) is 0.0351. The van der Waals surface area contributed by atoms with Crippen LogP contribution in [0.15, 0.2) is 242 Å². The Balaban J connectivity index is 1.15. The van der Waals surface area contributed by atoms with Crippen LogP contribution in [0, 0.1) is 0 Å². The van der Waals surface area contributed by atoms with Crippen LogP contribution in [0.3, 0.4) is 0 Å². The van der Waals surface area contributed by atoms with Crippen LogP contribution >= 0.6 is 0 Å². The molecule has 2 aliphatic heterocycles. The molecule has 2 heterocycles. The summed E-state index contributed by atoms with van der Waals surface area (Å²) in [4.78, 5) is 5.23. The third kappa shape index (κ3) is 7.41. The monoisotopic (exact) mass is 769 g/mol. The lowest BCUT2D eigenvalue weighted by Gasteiger charge is -2.36. The van der Waals surface area contributed by atoms with Gasteiger partial charge in [0.2, 0.25) is 0 Å². The second-order valence-electron chi connectivity index (χ2n) is 15.2. The molecule has 0 amide bonds. The number of nitrogens with one attached hydrogen (secondary N) is 2. The number of amidine groups is 1. The normalized spacial score (nSPS) is 16.3. The maximum absolute atomic E-state index is 5.23. The standard InChI is InChI=1S/C57H43N3/c1-7-21-40(22-8-1)50-39-51(41-23-9-2-10-24-41)59-57(58-50)49-36-20-34-47(38-49)46-33-19-35-48(37-46)52-53(42-25-11-3-12-26-42)55(44-29-15-5-16-30-44)60-56(45-31-17-6-18-32-45)54(52)43-27-13-4-14-28-43/h1-39,50,55,60H,(H,58,59). The van der Waals surface area contributed by atoms with Gasteiger partial charge >= 0.3 is 0 Å². The molecule has 8 aromatic rings. The van der Waals surface area contributed by atoms with Crippen LogP contribution in [0.5, 0.6) is 0 Å². The smallest absolute Gasteiger partial charge is 0.134 e. The molecule has 2 N–H and O–H groups in total. The van der Waals surface area contributed by atoms with E-state index in [0.29, 0.717) is 0 Å². The van der Waals surface area contributed by atoms with Gasteiger partial charge in [-0.2, -0.15) is 0 Å². The van der Waals surface area contributed by atoms with E-state index in [1.165, 1.54) is 33.4 Å². The van der Waals surface area contributed by atoms with Crippen LogP contribution in [0.2, 0.25) is 0 Å². The van der Waals surface area contributed by atoms with Crippen molar-refractivity contribution in [2.24, 2.45) is 4.99 Å². The van der Waals surface area contributed by atoms with Gasteiger partial charge in [0.05, 0.1) is 23.5 Å². The third-order valence-corrected chi connectivity index (χ3v) is 11.4. The average molecular weight is 770 g/mol. The van der Waals surface area contributed by atoms with Gasteiger partial charge in [-0.1, -0.05) is 218 Å². The summed E-state index contributed by atoms with van der Waals surface area (Å²) in [5, 5.41) is 7.87. The summed E-state index contributed by atoms with van der Waals surface area (Å²) in [5.41, 5.74) is 17.1. The second kappa shape index (κ2) is 16.6. The molecule has 0 aromatic heterocycles. The number of allylic oxidation sites excluding steroid dienone is 2. The second-order valence-corrected chi connectivity index (χ2v) is 15.2. The van der Waals surface area contributed by atoms with Crippen molar-refractivity contribution in [2.75, 3.05) is 0 Å². The topological polar surface area (TPSA) is 36.4 Å². The fourth-order valence-electron chi connectivity index (χ4n) is 8.54. The van der Waals surface area contributed by atoms with Gasteiger partial charge in [-0.05, 0) is 79.4 Å². The van der Waals surface area contributed by atoms with Crippen molar-refractivity contribution in [3.05, 3.63) is 281 Å². The maximum atomic E-state index is 5.23. The minimum absolute atomic E-state index is 0.0243. The Morgan fingerprint density at radius 1 is 0.333 bits per heavy atom. The molecule has 3 nitrogen and oxygen atoms in total. The Labute approximate surface area is 352 Å². The van der Waals surface area contributed by atoms with Gasteiger partial charge in [0.1, 0.15) is 5.84 Å². The number of hydrogen-bond donors (Lipinski definition) is 2. The lowest BCUT2D eigenvalue weighted by atomic mass is 9.76. The number of hydrogen-bond acceptors (Lipinski definition) is 3. The van der Waals surface area contributed by atoms with Crippen molar-refractivity contribution < 1.29 is 0 Å². The summed E-state index contributed by atoms with van der Waals surface area (Å²) in [7, 11) is 0. The van der Waals surface area contributed by atoms with Gasteiger partial charge in [0, 0.05) is 11.1 Å². The molecule has 0 fully saturated rings. The van der Waals surface area contributed by atoms with E-state index in [9.17, 15) is 0 Å². The Morgan fingerprint density at radius 2 is 0.783 bits per heavy atom. The van der Waals surface area contributed by atoms with Crippen LogP contribution in [0.4, 0.5) is 0 Å². The number of dihydropyridines is 1. The summed E-state index contributed by atoms with van der Waals surface area (Å²) in [6.07, 6.45) is 2.23. The van der Waals surface area contributed by atoms with Crippen molar-refractivity contribution >= 4 is 33.9 Å². The molecule has 2 aliphatic rings. The van der Waals surface area contributed by atoms with Crippen LogP contribution in [0.1, 0.15) is 56.6 Å². The number of benzene rings is 8. The highest BCUT2D eigenvalue weighted by atomic mass is 15.0. The van der Waals surface area contributed by atoms with Crippen molar-refractivity contribution in [1.82, 2.24) is 10.6 Å². The molecule has 0 aliphatic carbocycles. The largest absolute Gasteiger partial charge is 0.373 e. The Hall–Kier alpha value is -7.75. The lowest BCUT2D eigenvalue weighted by Crippen LogP contribution is -2.31. The first kappa shape index (κ1) is 36.6. The molecule has 286 valence electrons. The van der Waals surface area contributed by atoms with Gasteiger partial charge in [-0.25, -0.2) is 4.99 Å². The van der Waals surface area contributed by atoms with Crippen LogP contribution in [-0.2, 0) is 0 Å². The van der Waals surface area contributed by atoms with E-state index in [1.54, 1.807) is 0 Å². The number of nitrogens with zero attached hydrogens (tertiary/aromatic N) is 1. The lowest BCUT2D eigenvalue weighted by molar-refractivity contribution is 0.781. The molecule has 0 radical (unpaired) electrons. The molecule has 0 saturated heterocycles. The first-order valence-electron chi connectivity index (χ1n) is 20.6. The summed E-state index contributed by atoms with van der Waals surface area (Å²) in [5.74, 6) is 0.850. The van der Waals surface area contributed by atoms with Gasteiger partial charge in [0.25, 0.3) is 0 Å². The van der Waals surface area contributed by atoms with Crippen molar-refractivity contribution in [3.8, 4) is 11.1 Å². The predicted molar refractivity (Wildman–Crippen MR) is 250 cm³/mol. The van der Waals surface area contributed by atoms with E-state index in [1.807, 2.05) is 6.07 Å². The average Bonchev–Trinajstić information content (AvgIpc) is 3.35. The minimum Gasteiger partial charge on any atom is -0.373 e. The molecule has 0 spiro atoms. The zero-order chi connectivity index (χ0) is 40.1. The molecule has 60 heavy (non-hydrogen) atoms. The molecule has 0 bridgehead atoms. The highest BCUT2D eigenvalue weighted by molar-refractivity contribution is 6.24. The van der Waals surface area contributed by atoms with Crippen molar-refractivity contribution in [3.63, 3.8) is 0 Å². The first-order valence-corrected chi connectivity index (χ1v) is 20.6. The zero-order valence-corrected chi connectivity index (χ0v) is 33.1. The molecule has 2 atom stereocenters. The molecule has 8 aromatic carbocycles.